The second-order valence-corrected chi connectivity index (χ2v) is 18.3. The predicted octanol–water partition coefficient (Wildman–Crippen LogP) is 5.88. The number of imide groups is 1. The molecule has 15 nitrogen and oxygen atoms in total. The quantitative estimate of drug-likeness (QED) is 0.160. The third-order valence-corrected chi connectivity index (χ3v) is 14.5. The summed E-state index contributed by atoms with van der Waals surface area (Å²) in [5, 5.41) is 13.8. The van der Waals surface area contributed by atoms with Crippen LogP contribution >= 0.6 is 0 Å². The maximum atomic E-state index is 15.7. The monoisotopic (exact) mass is 877 g/mol. The van der Waals surface area contributed by atoms with Gasteiger partial charge in [-0.25, -0.2) is 19.3 Å². The highest BCUT2D eigenvalue weighted by molar-refractivity contribution is 6.05. The Bertz CT molecular complexity index is 2440. The number of esters is 4. The lowest BCUT2D eigenvalue weighted by Gasteiger charge is -2.68. The minimum Gasteiger partial charge on any atom is -0.455 e. The number of Topliss-reactive ketones (excluding diaryl/α,β-unsaturated/α-hetero) is 1. The highest BCUT2D eigenvalue weighted by Crippen LogP contribution is 2.65. The highest BCUT2D eigenvalue weighted by Gasteiger charge is 2.78. The number of amides is 2. The number of ketones is 1. The molecule has 2 heterocycles. The van der Waals surface area contributed by atoms with Crippen molar-refractivity contribution in [1.82, 2.24) is 4.90 Å². The number of aliphatic hydroxyl groups is 1. The number of rotatable bonds is 8. The average Bonchev–Trinajstić information content (AvgIpc) is 3.61. The summed E-state index contributed by atoms with van der Waals surface area (Å²) in [5.41, 5.74) is -6.12. The van der Waals surface area contributed by atoms with Gasteiger partial charge in [-0.05, 0) is 60.2 Å². The molecule has 3 aromatic rings. The predicted molar refractivity (Wildman–Crippen MR) is 224 cm³/mol. The Hall–Kier alpha value is -6.19. The van der Waals surface area contributed by atoms with Gasteiger partial charge in [-0.1, -0.05) is 94.4 Å². The van der Waals surface area contributed by atoms with E-state index in [9.17, 15) is 33.9 Å². The van der Waals surface area contributed by atoms with Crippen molar-refractivity contribution in [2.45, 2.75) is 109 Å². The molecule has 8 rings (SSSR count). The number of carbonyl (C=O) groups excluding carboxylic acids is 7. The van der Waals surface area contributed by atoms with Crippen LogP contribution in [-0.2, 0) is 47.6 Å². The lowest BCUT2D eigenvalue weighted by atomic mass is 9.43. The molecule has 2 aliphatic heterocycles. The number of hydrogen-bond donors (Lipinski definition) is 1. The van der Waals surface area contributed by atoms with E-state index in [0.29, 0.717) is 5.56 Å². The van der Waals surface area contributed by atoms with E-state index in [-0.39, 0.29) is 35.3 Å². The van der Waals surface area contributed by atoms with Gasteiger partial charge in [0.15, 0.2) is 17.5 Å². The van der Waals surface area contributed by atoms with Crippen molar-refractivity contribution in [2.75, 3.05) is 6.61 Å². The van der Waals surface area contributed by atoms with Crippen molar-refractivity contribution >= 4 is 41.7 Å². The summed E-state index contributed by atoms with van der Waals surface area (Å²) >= 11 is 0. The summed E-state index contributed by atoms with van der Waals surface area (Å²) in [6.07, 6.45) is -8.63. The van der Waals surface area contributed by atoms with Gasteiger partial charge in [0.2, 0.25) is 6.10 Å². The molecular formula is C49H51NO14. The molecule has 1 N–H and O–H groups in total. The van der Waals surface area contributed by atoms with E-state index in [1.54, 1.807) is 101 Å². The number of fused-ring (bicyclic) bond motifs is 5. The maximum Gasteiger partial charge on any atom is 0.418 e. The van der Waals surface area contributed by atoms with Gasteiger partial charge in [0.05, 0.1) is 18.1 Å². The molecule has 64 heavy (non-hydrogen) atoms. The topological polar surface area (TPSA) is 198 Å². The summed E-state index contributed by atoms with van der Waals surface area (Å²) < 4.78 is 36.7. The largest absolute Gasteiger partial charge is 0.455 e. The first-order valence-electron chi connectivity index (χ1n) is 21.3. The standard InChI is InChI=1S/C49H51NO14/c1-26-23-34-48(25-59-34,64-29(4)52)39-41(63-43(55)32-21-15-10-16-22-32)49(58)24-33(27(2)35(46(49,5)6)37(60-28(3)51)40(53)47(26,39)7)61-44(56)38-36(30-17-11-8-12-18-30)50(45(57)62-38)42(54)31-19-13-9-14-20-31/h8-22,26,33-34,36-39,41,58H,23-25H2,1-7H3/t26-,33?,34+,36+,37+,38+,39-,41-,47+,48-,49+/m0/s1. The van der Waals surface area contributed by atoms with Crippen LogP contribution in [-0.4, -0.2) is 100.0 Å². The highest BCUT2D eigenvalue weighted by atomic mass is 16.6. The van der Waals surface area contributed by atoms with E-state index in [1.807, 2.05) is 0 Å². The number of carbonyl (C=O) groups is 7. The Labute approximate surface area is 370 Å². The molecule has 2 amide bonds. The molecule has 0 aromatic heterocycles. The van der Waals surface area contributed by atoms with E-state index < -0.39 is 119 Å². The molecule has 0 radical (unpaired) electrons. The molecule has 4 fully saturated rings. The van der Waals surface area contributed by atoms with E-state index in [0.717, 1.165) is 11.8 Å². The third-order valence-electron chi connectivity index (χ3n) is 14.5. The molecule has 1 unspecified atom stereocenters. The summed E-state index contributed by atoms with van der Waals surface area (Å²) in [5.74, 6) is -6.72. The van der Waals surface area contributed by atoms with Crippen LogP contribution in [0.4, 0.5) is 4.79 Å². The van der Waals surface area contributed by atoms with Gasteiger partial charge in [-0.15, -0.1) is 0 Å². The molecule has 3 aromatic carbocycles. The van der Waals surface area contributed by atoms with Crippen LogP contribution in [0.15, 0.2) is 102 Å². The van der Waals surface area contributed by atoms with Crippen molar-refractivity contribution in [2.24, 2.45) is 22.7 Å². The SMILES string of the molecule is CC(=O)O[C@H]1C(=O)[C@@]2(C)[C@H]([C@H](OC(=O)c3ccccc3)[C@]3(O)CC(OC(=O)[C@@H]4OC(=O)N(C(=O)c5ccccc5)[C@@H]4c4ccccc4)C(C)=C1C3(C)C)[C@]1(OC(C)=O)CO[C@@H]1C[C@@H]2C. The number of hydrogen-bond acceptors (Lipinski definition) is 14. The fraction of sp³-hybridized carbons (Fsp3) is 0.449. The zero-order valence-corrected chi connectivity index (χ0v) is 36.6. The second kappa shape index (κ2) is 16.1. The number of nitrogens with zero attached hydrogens (tertiary/aromatic N) is 1. The van der Waals surface area contributed by atoms with Crippen molar-refractivity contribution < 1.29 is 67.1 Å². The van der Waals surface area contributed by atoms with Gasteiger partial charge in [-0.3, -0.25) is 19.2 Å². The van der Waals surface area contributed by atoms with E-state index in [4.69, 9.17) is 28.4 Å². The second-order valence-electron chi connectivity index (χ2n) is 18.3. The maximum absolute atomic E-state index is 15.7. The molecule has 336 valence electrons. The molecular weight excluding hydrogens is 827 g/mol. The fourth-order valence-electron chi connectivity index (χ4n) is 11.1. The van der Waals surface area contributed by atoms with Crippen molar-refractivity contribution in [3.05, 3.63) is 119 Å². The first-order valence-corrected chi connectivity index (χ1v) is 21.3. The zero-order valence-electron chi connectivity index (χ0n) is 36.6. The Morgan fingerprint density at radius 1 is 0.797 bits per heavy atom. The molecule has 3 aliphatic carbocycles. The smallest absolute Gasteiger partial charge is 0.418 e. The third kappa shape index (κ3) is 6.82. The van der Waals surface area contributed by atoms with Gasteiger partial charge in [0, 0.05) is 36.7 Å². The number of cyclic esters (lactones) is 1. The Morgan fingerprint density at radius 3 is 1.95 bits per heavy atom. The molecule has 11 atom stereocenters. The van der Waals surface area contributed by atoms with Crippen LogP contribution in [0.3, 0.4) is 0 Å². The Morgan fingerprint density at radius 2 is 1.39 bits per heavy atom. The van der Waals surface area contributed by atoms with Crippen LogP contribution in [0, 0.1) is 22.7 Å². The summed E-state index contributed by atoms with van der Waals surface area (Å²) in [4.78, 5) is 99.5. The van der Waals surface area contributed by atoms with Crippen LogP contribution in [0.1, 0.15) is 93.6 Å². The molecule has 0 spiro atoms. The average molecular weight is 878 g/mol. The van der Waals surface area contributed by atoms with Crippen LogP contribution < -0.4 is 0 Å². The first-order chi connectivity index (χ1) is 30.3. The number of benzene rings is 3. The van der Waals surface area contributed by atoms with Gasteiger partial charge in [-0.2, -0.15) is 0 Å². The summed E-state index contributed by atoms with van der Waals surface area (Å²) in [6, 6.07) is 23.1. The van der Waals surface area contributed by atoms with Crippen molar-refractivity contribution in [1.29, 1.82) is 0 Å². The van der Waals surface area contributed by atoms with Crippen molar-refractivity contribution in [3.63, 3.8) is 0 Å². The number of ether oxygens (including phenoxy) is 6. The van der Waals surface area contributed by atoms with E-state index >= 15 is 4.79 Å². The van der Waals surface area contributed by atoms with Crippen LogP contribution in [0.25, 0.3) is 0 Å². The van der Waals surface area contributed by atoms with Crippen LogP contribution in [0.5, 0.6) is 0 Å². The minimum atomic E-state index is -2.30. The van der Waals surface area contributed by atoms with Gasteiger partial charge in [0.1, 0.15) is 30.0 Å². The molecule has 2 saturated carbocycles. The Balaban J connectivity index is 1.29. The molecule has 2 saturated heterocycles. The van der Waals surface area contributed by atoms with E-state index in [1.165, 1.54) is 31.2 Å². The fourth-order valence-corrected chi connectivity index (χ4v) is 11.1. The van der Waals surface area contributed by atoms with Crippen molar-refractivity contribution in [3.8, 4) is 0 Å². The molecule has 2 bridgehead atoms. The summed E-state index contributed by atoms with van der Waals surface area (Å²) in [6.45, 7) is 10.4. The normalized spacial score (nSPS) is 33.8. The zero-order chi connectivity index (χ0) is 46.1. The van der Waals surface area contributed by atoms with Gasteiger partial charge >= 0.3 is 30.0 Å². The van der Waals surface area contributed by atoms with Gasteiger partial charge in [0.25, 0.3) is 5.91 Å². The first kappa shape index (κ1) is 44.4. The molecule has 15 heteroatoms. The minimum absolute atomic E-state index is 0.101. The Kier molecular flexibility index (Phi) is 11.2. The summed E-state index contributed by atoms with van der Waals surface area (Å²) in [7, 11) is 0. The molecule has 5 aliphatic rings. The van der Waals surface area contributed by atoms with E-state index in [2.05, 4.69) is 0 Å². The van der Waals surface area contributed by atoms with Gasteiger partial charge < -0.3 is 33.5 Å². The lowest BCUT2D eigenvalue weighted by Crippen LogP contribution is -2.80. The lowest BCUT2D eigenvalue weighted by molar-refractivity contribution is -0.340. The van der Waals surface area contributed by atoms with Crippen LogP contribution in [0.2, 0.25) is 0 Å².